The molecule has 2 heterocycles. The number of para-hydroxylation sites is 1. The van der Waals surface area contributed by atoms with Gasteiger partial charge in [-0.1, -0.05) is 25.1 Å². The molecule has 0 spiro atoms. The molecule has 2 unspecified atom stereocenters. The lowest BCUT2D eigenvalue weighted by molar-refractivity contribution is 0.0892. The van der Waals surface area contributed by atoms with Gasteiger partial charge >= 0.3 is 0 Å². The summed E-state index contributed by atoms with van der Waals surface area (Å²) in [6.07, 6.45) is 0. The molecule has 0 amide bonds. The molecule has 0 saturated carbocycles. The zero-order chi connectivity index (χ0) is 14.4. The number of hydrogen-bond acceptors (Lipinski definition) is 3. The standard InChI is InChI=1S/C16H20N2OS/c1-10-12(9-17(2)3)15(19)14-11-7-5-6-8-13(11)18(4)16(14)20-10/h5-8,10,12H,9H2,1-4H3. The Morgan fingerprint density at radius 3 is 2.70 bits per heavy atom. The molecule has 0 aliphatic carbocycles. The van der Waals surface area contributed by atoms with Gasteiger partial charge in [-0.15, -0.1) is 11.8 Å². The Labute approximate surface area is 123 Å². The molecule has 0 radical (unpaired) electrons. The molecule has 1 aromatic carbocycles. The molecule has 20 heavy (non-hydrogen) atoms. The third-order valence-electron chi connectivity index (χ3n) is 4.06. The fraction of sp³-hybridized carbons (Fsp3) is 0.438. The normalized spacial score (nSPS) is 22.6. The average molecular weight is 288 g/mol. The van der Waals surface area contributed by atoms with Crippen LogP contribution in [0.25, 0.3) is 10.9 Å². The molecule has 3 rings (SSSR count). The Kier molecular flexibility index (Phi) is 3.38. The van der Waals surface area contributed by atoms with E-state index in [4.69, 9.17) is 0 Å². The maximum absolute atomic E-state index is 12.9. The fourth-order valence-corrected chi connectivity index (χ4v) is 4.34. The van der Waals surface area contributed by atoms with Gasteiger partial charge in [-0.3, -0.25) is 4.79 Å². The van der Waals surface area contributed by atoms with Crippen molar-refractivity contribution in [1.82, 2.24) is 9.47 Å². The Bertz CT molecular complexity index is 674. The van der Waals surface area contributed by atoms with E-state index in [1.54, 1.807) is 0 Å². The minimum atomic E-state index is 0.0771. The van der Waals surface area contributed by atoms with E-state index in [9.17, 15) is 4.79 Å². The van der Waals surface area contributed by atoms with Crippen LogP contribution in [0.3, 0.4) is 0 Å². The average Bonchev–Trinajstić information content (AvgIpc) is 2.68. The van der Waals surface area contributed by atoms with Gasteiger partial charge in [-0.25, -0.2) is 0 Å². The van der Waals surface area contributed by atoms with Crippen LogP contribution in [0, 0.1) is 5.92 Å². The van der Waals surface area contributed by atoms with Gasteiger partial charge in [-0.05, 0) is 20.2 Å². The van der Waals surface area contributed by atoms with Crippen LogP contribution in [0.15, 0.2) is 29.3 Å². The zero-order valence-electron chi connectivity index (χ0n) is 12.4. The van der Waals surface area contributed by atoms with E-state index in [2.05, 4.69) is 35.6 Å². The van der Waals surface area contributed by atoms with Gasteiger partial charge in [0, 0.05) is 35.7 Å². The summed E-state index contributed by atoms with van der Waals surface area (Å²) in [4.78, 5) is 15.0. The summed E-state index contributed by atoms with van der Waals surface area (Å²) in [6.45, 7) is 2.98. The number of aryl methyl sites for hydroxylation is 1. The number of thioether (sulfide) groups is 1. The topological polar surface area (TPSA) is 25.2 Å². The Morgan fingerprint density at radius 1 is 1.30 bits per heavy atom. The number of fused-ring (bicyclic) bond motifs is 3. The van der Waals surface area contributed by atoms with Crippen molar-refractivity contribution in [3.05, 3.63) is 29.8 Å². The monoisotopic (exact) mass is 288 g/mol. The molecule has 1 aromatic heterocycles. The third-order valence-corrected chi connectivity index (χ3v) is 5.46. The second kappa shape index (κ2) is 4.93. The summed E-state index contributed by atoms with van der Waals surface area (Å²) < 4.78 is 2.16. The molecule has 106 valence electrons. The van der Waals surface area contributed by atoms with Crippen LogP contribution in [0.2, 0.25) is 0 Å². The lowest BCUT2D eigenvalue weighted by atomic mass is 9.93. The van der Waals surface area contributed by atoms with Crippen LogP contribution < -0.4 is 0 Å². The maximum Gasteiger partial charge on any atom is 0.171 e. The van der Waals surface area contributed by atoms with Gasteiger partial charge in [0.05, 0.1) is 10.6 Å². The number of carbonyl (C=O) groups excluding carboxylic acids is 1. The number of benzene rings is 1. The van der Waals surface area contributed by atoms with Gasteiger partial charge in [0.25, 0.3) is 0 Å². The first-order chi connectivity index (χ1) is 9.50. The Hall–Kier alpha value is -1.26. The fourth-order valence-electron chi connectivity index (χ4n) is 3.03. The van der Waals surface area contributed by atoms with E-state index in [1.165, 1.54) is 0 Å². The largest absolute Gasteiger partial charge is 0.338 e. The minimum absolute atomic E-state index is 0.0771. The van der Waals surface area contributed by atoms with Crippen LogP contribution >= 0.6 is 11.8 Å². The second-order valence-corrected chi connectivity index (χ2v) is 7.18. The first-order valence-corrected chi connectivity index (χ1v) is 7.81. The Balaban J connectivity index is 2.17. The minimum Gasteiger partial charge on any atom is -0.338 e. The van der Waals surface area contributed by atoms with Crippen molar-refractivity contribution in [1.29, 1.82) is 0 Å². The van der Waals surface area contributed by atoms with Crippen molar-refractivity contribution < 1.29 is 4.79 Å². The molecule has 0 saturated heterocycles. The molecule has 0 fully saturated rings. The van der Waals surface area contributed by atoms with Gasteiger partial charge in [0.15, 0.2) is 5.78 Å². The van der Waals surface area contributed by atoms with Crippen LogP contribution in [0.5, 0.6) is 0 Å². The number of aromatic nitrogens is 1. The molecule has 3 nitrogen and oxygen atoms in total. The number of ketones is 1. The first kappa shape index (κ1) is 13.7. The second-order valence-electron chi connectivity index (χ2n) is 5.81. The highest BCUT2D eigenvalue weighted by atomic mass is 32.2. The molecule has 1 aliphatic heterocycles. The lowest BCUT2D eigenvalue weighted by Crippen LogP contribution is -2.36. The molecule has 0 bridgehead atoms. The van der Waals surface area contributed by atoms with Crippen molar-refractivity contribution >= 4 is 28.4 Å². The SMILES string of the molecule is CC1Sc2c(c3ccccc3n2C)C(=O)C1CN(C)C. The summed E-state index contributed by atoms with van der Waals surface area (Å²) in [5.41, 5.74) is 2.08. The third kappa shape index (κ3) is 1.98. The van der Waals surface area contributed by atoms with Crippen molar-refractivity contribution in [3.8, 4) is 0 Å². The predicted octanol–water partition coefficient (Wildman–Crippen LogP) is 3.03. The van der Waals surface area contributed by atoms with Crippen molar-refractivity contribution in [2.45, 2.75) is 17.2 Å². The van der Waals surface area contributed by atoms with Crippen molar-refractivity contribution in [2.75, 3.05) is 20.6 Å². The number of nitrogens with zero attached hydrogens (tertiary/aromatic N) is 2. The number of Topliss-reactive ketones (excluding diaryl/α,β-unsaturated/α-hetero) is 1. The Morgan fingerprint density at radius 2 is 2.00 bits per heavy atom. The molecule has 1 aliphatic rings. The number of rotatable bonds is 2. The van der Waals surface area contributed by atoms with Gasteiger partial charge in [-0.2, -0.15) is 0 Å². The van der Waals surface area contributed by atoms with E-state index < -0.39 is 0 Å². The summed E-state index contributed by atoms with van der Waals surface area (Å²) in [5, 5.41) is 2.54. The van der Waals surface area contributed by atoms with Crippen LogP contribution in [-0.2, 0) is 7.05 Å². The van der Waals surface area contributed by atoms with Crippen LogP contribution in [-0.4, -0.2) is 41.1 Å². The molecule has 2 aromatic rings. The molecular weight excluding hydrogens is 268 g/mol. The maximum atomic E-state index is 12.9. The van der Waals surface area contributed by atoms with E-state index in [0.29, 0.717) is 11.0 Å². The van der Waals surface area contributed by atoms with Crippen molar-refractivity contribution in [2.24, 2.45) is 13.0 Å². The van der Waals surface area contributed by atoms with E-state index >= 15 is 0 Å². The lowest BCUT2D eigenvalue weighted by Gasteiger charge is -2.29. The zero-order valence-corrected chi connectivity index (χ0v) is 13.2. The predicted molar refractivity (Wildman–Crippen MR) is 84.6 cm³/mol. The van der Waals surface area contributed by atoms with Crippen LogP contribution in [0.1, 0.15) is 17.3 Å². The molecular formula is C16H20N2OS. The van der Waals surface area contributed by atoms with E-state index in [-0.39, 0.29) is 5.92 Å². The summed E-state index contributed by atoms with van der Waals surface area (Å²) in [7, 11) is 6.12. The van der Waals surface area contributed by atoms with Crippen LogP contribution in [0.4, 0.5) is 0 Å². The van der Waals surface area contributed by atoms with Gasteiger partial charge in [0.2, 0.25) is 0 Å². The first-order valence-electron chi connectivity index (χ1n) is 6.93. The number of carbonyl (C=O) groups is 1. The summed E-state index contributed by atoms with van der Waals surface area (Å²) in [5.74, 6) is 0.380. The highest BCUT2D eigenvalue weighted by molar-refractivity contribution is 8.00. The number of hydrogen-bond donors (Lipinski definition) is 0. The quantitative estimate of drug-likeness (QED) is 0.849. The van der Waals surface area contributed by atoms with E-state index in [1.807, 2.05) is 38.0 Å². The molecule has 2 atom stereocenters. The van der Waals surface area contributed by atoms with Gasteiger partial charge < -0.3 is 9.47 Å². The smallest absolute Gasteiger partial charge is 0.171 e. The molecule has 0 N–H and O–H groups in total. The van der Waals surface area contributed by atoms with Crippen molar-refractivity contribution in [3.63, 3.8) is 0 Å². The van der Waals surface area contributed by atoms with Gasteiger partial charge in [0.1, 0.15) is 0 Å². The highest BCUT2D eigenvalue weighted by Crippen LogP contribution is 2.43. The highest BCUT2D eigenvalue weighted by Gasteiger charge is 2.37. The van der Waals surface area contributed by atoms with E-state index in [0.717, 1.165) is 28.0 Å². The summed E-state index contributed by atoms with van der Waals surface area (Å²) in [6, 6.07) is 8.20. The summed E-state index contributed by atoms with van der Waals surface area (Å²) >= 11 is 1.83. The molecule has 4 heteroatoms.